The van der Waals surface area contributed by atoms with E-state index in [1.54, 1.807) is 15.7 Å². The summed E-state index contributed by atoms with van der Waals surface area (Å²) in [7, 11) is 0. The van der Waals surface area contributed by atoms with Gasteiger partial charge in [0.2, 0.25) is 0 Å². The third-order valence-electron chi connectivity index (χ3n) is 7.86. The molecular weight excluding hydrogens is 462 g/mol. The molecule has 2 aromatic heterocycles. The third kappa shape index (κ3) is 3.52. The Morgan fingerprint density at radius 2 is 1.89 bits per heavy atom. The van der Waals surface area contributed by atoms with E-state index >= 15 is 0 Å². The highest BCUT2D eigenvalue weighted by Gasteiger charge is 2.32. The van der Waals surface area contributed by atoms with Gasteiger partial charge in [-0.05, 0) is 71.2 Å². The van der Waals surface area contributed by atoms with E-state index in [-0.39, 0.29) is 18.1 Å². The topological polar surface area (TPSA) is 97.9 Å². The fraction of sp³-hybridized carbons (Fsp3) is 0.233. The maximum Gasteiger partial charge on any atom is 0.263 e. The number of nitrogens with one attached hydrogen (secondary N) is 1. The van der Waals surface area contributed by atoms with Crippen LogP contribution in [0.15, 0.2) is 71.7 Å². The Balaban J connectivity index is 1.45. The molecule has 37 heavy (non-hydrogen) atoms. The summed E-state index contributed by atoms with van der Waals surface area (Å²) in [5, 5.41) is 29.6. The van der Waals surface area contributed by atoms with Crippen LogP contribution in [0.25, 0.3) is 38.5 Å². The Kier molecular flexibility index (Phi) is 4.91. The first-order chi connectivity index (χ1) is 18.1. The molecule has 7 rings (SSSR count). The number of aliphatic hydroxyl groups excluding tert-OH is 1. The lowest BCUT2D eigenvalue weighted by Crippen LogP contribution is -2.43. The van der Waals surface area contributed by atoms with Crippen molar-refractivity contribution in [2.45, 2.75) is 31.3 Å². The number of aromatic nitrogens is 3. The molecule has 1 aliphatic carbocycles. The molecule has 2 aliphatic rings. The SMILES string of the molecule is N#CN1CC(c2cc3cc(C4CC4)ccc3c(=O)n2-c2cccc(-c3ccc4[nH]ncc4c3)c2CO)C1. The zero-order chi connectivity index (χ0) is 25.1. The molecule has 0 amide bonds. The standard InChI is InChI=1S/C30H25N5O2/c31-17-34-14-23(15-34)29-12-21-10-19(18-4-5-18)6-8-25(21)30(37)35(29)28-3-1-2-24(26(28)16-36)20-7-9-27-22(11-20)13-32-33-27/h1-3,6-13,18,23,36H,4-5,14-16H2,(H,32,33). The van der Waals surface area contributed by atoms with E-state index in [1.165, 1.54) is 18.4 Å². The van der Waals surface area contributed by atoms with E-state index in [4.69, 9.17) is 0 Å². The van der Waals surface area contributed by atoms with Gasteiger partial charge >= 0.3 is 0 Å². The fourth-order valence-electron chi connectivity index (χ4n) is 5.65. The summed E-state index contributed by atoms with van der Waals surface area (Å²) in [6, 6.07) is 20.1. The normalized spacial score (nSPS) is 15.7. The second kappa shape index (κ2) is 8.32. The smallest absolute Gasteiger partial charge is 0.263 e. The Labute approximate surface area is 213 Å². The number of benzene rings is 3. The van der Waals surface area contributed by atoms with Gasteiger partial charge in [-0.15, -0.1) is 0 Å². The van der Waals surface area contributed by atoms with Crippen molar-refractivity contribution in [1.29, 1.82) is 5.26 Å². The molecule has 182 valence electrons. The summed E-state index contributed by atoms with van der Waals surface area (Å²) < 4.78 is 1.77. The number of H-pyrrole nitrogens is 1. The van der Waals surface area contributed by atoms with Crippen molar-refractivity contribution >= 4 is 21.7 Å². The number of likely N-dealkylation sites (tertiary alicyclic amines) is 1. The molecule has 0 bridgehead atoms. The van der Waals surface area contributed by atoms with Crippen molar-refractivity contribution in [2.75, 3.05) is 13.1 Å². The molecule has 3 heterocycles. The third-order valence-corrected chi connectivity index (χ3v) is 7.86. The van der Waals surface area contributed by atoms with Gasteiger partial charge in [0.05, 0.1) is 24.0 Å². The molecule has 5 aromatic rings. The molecule has 2 fully saturated rings. The van der Waals surface area contributed by atoms with Crippen molar-refractivity contribution in [1.82, 2.24) is 19.7 Å². The first-order valence-electron chi connectivity index (χ1n) is 12.7. The van der Waals surface area contributed by atoms with E-state index in [2.05, 4.69) is 34.6 Å². The molecule has 0 unspecified atom stereocenters. The largest absolute Gasteiger partial charge is 0.392 e. The van der Waals surface area contributed by atoms with Crippen LogP contribution in [0.2, 0.25) is 0 Å². The summed E-state index contributed by atoms with van der Waals surface area (Å²) in [6.45, 7) is 0.943. The van der Waals surface area contributed by atoms with Crippen LogP contribution in [0.4, 0.5) is 0 Å². The van der Waals surface area contributed by atoms with Crippen LogP contribution in [-0.4, -0.2) is 37.9 Å². The van der Waals surface area contributed by atoms with Crippen LogP contribution in [0, 0.1) is 11.5 Å². The number of pyridine rings is 1. The fourth-order valence-corrected chi connectivity index (χ4v) is 5.65. The number of aromatic amines is 1. The van der Waals surface area contributed by atoms with E-state index in [1.807, 2.05) is 42.5 Å². The van der Waals surface area contributed by atoms with E-state index < -0.39 is 0 Å². The van der Waals surface area contributed by atoms with E-state index in [9.17, 15) is 15.2 Å². The predicted molar refractivity (Wildman–Crippen MR) is 142 cm³/mol. The quantitative estimate of drug-likeness (QED) is 0.348. The van der Waals surface area contributed by atoms with Gasteiger partial charge in [-0.3, -0.25) is 14.5 Å². The van der Waals surface area contributed by atoms with Gasteiger partial charge in [-0.1, -0.05) is 30.3 Å². The second-order valence-electron chi connectivity index (χ2n) is 10.2. The van der Waals surface area contributed by atoms with Crippen molar-refractivity contribution in [3.05, 3.63) is 94.0 Å². The average Bonchev–Trinajstić information content (AvgIpc) is 3.64. The summed E-state index contributed by atoms with van der Waals surface area (Å²) in [4.78, 5) is 15.8. The number of fused-ring (bicyclic) bond motifs is 2. The number of rotatable bonds is 5. The second-order valence-corrected chi connectivity index (χ2v) is 10.2. The Hall–Kier alpha value is -4.41. The minimum atomic E-state index is -0.214. The molecule has 2 N–H and O–H groups in total. The maximum absolute atomic E-state index is 14.1. The summed E-state index contributed by atoms with van der Waals surface area (Å²) in [5.74, 6) is 0.650. The van der Waals surface area contributed by atoms with Crippen LogP contribution in [0.3, 0.4) is 0 Å². The summed E-state index contributed by atoms with van der Waals surface area (Å²) >= 11 is 0. The van der Waals surface area contributed by atoms with Crippen LogP contribution < -0.4 is 5.56 Å². The van der Waals surface area contributed by atoms with Crippen molar-refractivity contribution in [3.8, 4) is 23.0 Å². The highest BCUT2D eigenvalue weighted by Crippen LogP contribution is 2.41. The number of nitriles is 1. The summed E-state index contributed by atoms with van der Waals surface area (Å²) in [6.07, 6.45) is 6.39. The van der Waals surface area contributed by atoms with Gasteiger partial charge in [0.25, 0.3) is 5.56 Å². The molecule has 7 nitrogen and oxygen atoms in total. The van der Waals surface area contributed by atoms with Crippen LogP contribution in [0.1, 0.15) is 41.5 Å². The Morgan fingerprint density at radius 1 is 1.03 bits per heavy atom. The number of aliphatic hydroxyl groups is 1. The van der Waals surface area contributed by atoms with E-state index in [0.29, 0.717) is 35.6 Å². The van der Waals surface area contributed by atoms with Crippen molar-refractivity contribution in [3.63, 3.8) is 0 Å². The van der Waals surface area contributed by atoms with Gasteiger partial charge in [0.1, 0.15) is 0 Å². The van der Waals surface area contributed by atoms with Crippen LogP contribution in [0.5, 0.6) is 0 Å². The molecule has 7 heteroatoms. The maximum atomic E-state index is 14.1. The van der Waals surface area contributed by atoms with Crippen molar-refractivity contribution < 1.29 is 5.11 Å². The van der Waals surface area contributed by atoms with Gasteiger partial charge in [0, 0.05) is 41.0 Å². The minimum Gasteiger partial charge on any atom is -0.392 e. The number of hydrogen-bond donors (Lipinski definition) is 2. The van der Waals surface area contributed by atoms with Crippen LogP contribution >= 0.6 is 0 Å². The Bertz CT molecular complexity index is 1780. The molecule has 3 aromatic carbocycles. The monoisotopic (exact) mass is 487 g/mol. The molecule has 0 spiro atoms. The predicted octanol–water partition coefficient (Wildman–Crippen LogP) is 4.78. The minimum absolute atomic E-state index is 0.0545. The van der Waals surface area contributed by atoms with Crippen molar-refractivity contribution in [2.24, 2.45) is 0 Å². The zero-order valence-corrected chi connectivity index (χ0v) is 20.2. The molecule has 0 radical (unpaired) electrons. The lowest BCUT2D eigenvalue weighted by atomic mass is 9.92. The van der Waals surface area contributed by atoms with Gasteiger partial charge in [-0.25, -0.2) is 0 Å². The lowest BCUT2D eigenvalue weighted by Gasteiger charge is -2.36. The summed E-state index contributed by atoms with van der Waals surface area (Å²) in [5.41, 5.74) is 6.21. The first-order valence-corrected chi connectivity index (χ1v) is 12.7. The molecule has 1 aliphatic heterocycles. The lowest BCUT2D eigenvalue weighted by molar-refractivity contribution is 0.226. The average molecular weight is 488 g/mol. The van der Waals surface area contributed by atoms with E-state index in [0.717, 1.165) is 33.1 Å². The zero-order valence-electron chi connectivity index (χ0n) is 20.2. The van der Waals surface area contributed by atoms with Gasteiger partial charge < -0.3 is 10.0 Å². The van der Waals surface area contributed by atoms with Gasteiger partial charge in [-0.2, -0.15) is 10.4 Å². The van der Waals surface area contributed by atoms with Gasteiger partial charge in [0.15, 0.2) is 6.19 Å². The number of hydrogen-bond acceptors (Lipinski definition) is 5. The number of nitrogens with zero attached hydrogens (tertiary/aromatic N) is 4. The molecule has 0 atom stereocenters. The highest BCUT2D eigenvalue weighted by atomic mass is 16.3. The highest BCUT2D eigenvalue weighted by molar-refractivity contribution is 5.86. The molecule has 1 saturated heterocycles. The first kappa shape index (κ1) is 21.8. The molecular formula is C30H25N5O2. The van der Waals surface area contributed by atoms with Crippen LogP contribution in [-0.2, 0) is 6.61 Å². The Morgan fingerprint density at radius 3 is 2.68 bits per heavy atom. The molecule has 1 saturated carbocycles.